The van der Waals surface area contributed by atoms with E-state index < -0.39 is 0 Å². The van der Waals surface area contributed by atoms with Crippen LogP contribution in [0.1, 0.15) is 5.69 Å². The molecular formula is C16H15ClN2O. The average Bonchev–Trinajstić information content (AvgIpc) is 2.47. The van der Waals surface area contributed by atoms with Gasteiger partial charge in [0.2, 0.25) is 0 Å². The smallest absolute Gasteiger partial charge is 0.189 e. The summed E-state index contributed by atoms with van der Waals surface area (Å²) in [6.45, 7) is 0.339. The van der Waals surface area contributed by atoms with E-state index >= 15 is 0 Å². The second-order valence-corrected chi connectivity index (χ2v) is 4.49. The van der Waals surface area contributed by atoms with Crippen molar-refractivity contribution in [1.82, 2.24) is 4.98 Å². The molecule has 0 bridgehead atoms. The van der Waals surface area contributed by atoms with Crippen LogP contribution in [0.3, 0.4) is 0 Å². The van der Waals surface area contributed by atoms with Crippen LogP contribution in [0.2, 0.25) is 0 Å². The molecule has 3 rings (SSSR count). The van der Waals surface area contributed by atoms with Gasteiger partial charge in [-0.1, -0.05) is 36.4 Å². The van der Waals surface area contributed by atoms with Crippen LogP contribution in [0.5, 0.6) is 0 Å². The van der Waals surface area contributed by atoms with Gasteiger partial charge in [0.15, 0.2) is 5.43 Å². The molecule has 0 aliphatic heterocycles. The van der Waals surface area contributed by atoms with Gasteiger partial charge in [-0.3, -0.25) is 4.79 Å². The van der Waals surface area contributed by atoms with Crippen LogP contribution >= 0.6 is 12.4 Å². The van der Waals surface area contributed by atoms with Gasteiger partial charge in [-0.15, -0.1) is 12.4 Å². The third kappa shape index (κ3) is 2.59. The Bertz CT molecular complexity index is 781. The summed E-state index contributed by atoms with van der Waals surface area (Å²) in [5, 5.41) is 0.693. The SMILES string of the molecule is Cl.NCc1cc(=O)c2cc(-c3ccccc3)ccc2[nH]1. The topological polar surface area (TPSA) is 58.9 Å². The number of fused-ring (bicyclic) bond motifs is 1. The van der Waals surface area contributed by atoms with E-state index in [1.165, 1.54) is 0 Å². The summed E-state index contributed by atoms with van der Waals surface area (Å²) in [7, 11) is 0. The summed E-state index contributed by atoms with van der Waals surface area (Å²) in [6.07, 6.45) is 0. The molecule has 20 heavy (non-hydrogen) atoms. The van der Waals surface area contributed by atoms with E-state index in [4.69, 9.17) is 5.73 Å². The lowest BCUT2D eigenvalue weighted by Gasteiger charge is -2.05. The fraction of sp³-hybridized carbons (Fsp3) is 0.0625. The Hall–Kier alpha value is -2.10. The number of benzene rings is 2. The Morgan fingerprint density at radius 1 is 0.950 bits per heavy atom. The molecule has 4 heteroatoms. The number of hydrogen-bond acceptors (Lipinski definition) is 2. The number of H-pyrrole nitrogens is 1. The zero-order chi connectivity index (χ0) is 13.2. The molecule has 1 aromatic heterocycles. The molecule has 1 heterocycles. The number of nitrogens with one attached hydrogen (secondary N) is 1. The summed E-state index contributed by atoms with van der Waals surface area (Å²) in [5.41, 5.74) is 9.29. The van der Waals surface area contributed by atoms with Crippen molar-refractivity contribution in [3.05, 3.63) is 70.5 Å². The molecule has 3 N–H and O–H groups in total. The number of rotatable bonds is 2. The van der Waals surface area contributed by atoms with Crippen LogP contribution in [0, 0.1) is 0 Å². The molecule has 0 aliphatic rings. The van der Waals surface area contributed by atoms with Gasteiger partial charge in [0.05, 0.1) is 0 Å². The van der Waals surface area contributed by atoms with Gasteiger partial charge >= 0.3 is 0 Å². The van der Waals surface area contributed by atoms with Crippen molar-refractivity contribution in [2.45, 2.75) is 6.54 Å². The number of halogens is 1. The minimum Gasteiger partial charge on any atom is -0.357 e. The highest BCUT2D eigenvalue weighted by Crippen LogP contribution is 2.21. The van der Waals surface area contributed by atoms with Gasteiger partial charge in [0, 0.05) is 29.2 Å². The molecule has 0 fully saturated rings. The normalized spacial score (nSPS) is 10.2. The lowest BCUT2D eigenvalue weighted by atomic mass is 10.0. The van der Waals surface area contributed by atoms with Gasteiger partial charge in [-0.2, -0.15) is 0 Å². The molecule has 102 valence electrons. The third-order valence-corrected chi connectivity index (χ3v) is 3.21. The molecule has 0 aliphatic carbocycles. The van der Waals surface area contributed by atoms with Crippen LogP contribution in [-0.4, -0.2) is 4.98 Å². The standard InChI is InChI=1S/C16H14N2O.ClH/c17-10-13-9-16(19)14-8-12(6-7-15(14)18-13)11-4-2-1-3-5-11;/h1-9H,10,17H2,(H,18,19);1H. The van der Waals surface area contributed by atoms with E-state index in [0.29, 0.717) is 11.9 Å². The number of aromatic amines is 1. The van der Waals surface area contributed by atoms with E-state index in [2.05, 4.69) is 4.98 Å². The molecule has 0 amide bonds. The maximum Gasteiger partial charge on any atom is 0.189 e. The Labute approximate surface area is 122 Å². The van der Waals surface area contributed by atoms with E-state index in [0.717, 1.165) is 22.3 Å². The molecule has 0 saturated carbocycles. The van der Waals surface area contributed by atoms with Crippen molar-refractivity contribution in [3.8, 4) is 11.1 Å². The minimum absolute atomic E-state index is 0. The lowest BCUT2D eigenvalue weighted by Crippen LogP contribution is -2.08. The van der Waals surface area contributed by atoms with E-state index in [1.807, 2.05) is 48.5 Å². The highest BCUT2D eigenvalue weighted by molar-refractivity contribution is 5.85. The van der Waals surface area contributed by atoms with Gasteiger partial charge in [0.1, 0.15) is 0 Å². The number of hydrogen-bond donors (Lipinski definition) is 2. The number of aromatic nitrogens is 1. The first kappa shape index (κ1) is 14.3. The van der Waals surface area contributed by atoms with E-state index in [-0.39, 0.29) is 17.8 Å². The Kier molecular flexibility index (Phi) is 4.23. The Morgan fingerprint density at radius 2 is 1.70 bits per heavy atom. The van der Waals surface area contributed by atoms with Crippen molar-refractivity contribution in [1.29, 1.82) is 0 Å². The predicted octanol–water partition coefficient (Wildman–Crippen LogP) is 3.08. The third-order valence-electron chi connectivity index (χ3n) is 3.21. The fourth-order valence-electron chi connectivity index (χ4n) is 2.22. The Balaban J connectivity index is 0.00000147. The summed E-state index contributed by atoms with van der Waals surface area (Å²) in [5.74, 6) is 0. The fourth-order valence-corrected chi connectivity index (χ4v) is 2.22. The van der Waals surface area contributed by atoms with Crippen molar-refractivity contribution in [2.24, 2.45) is 5.73 Å². The quantitative estimate of drug-likeness (QED) is 0.760. The maximum absolute atomic E-state index is 12.1. The molecule has 3 aromatic rings. The van der Waals surface area contributed by atoms with Crippen molar-refractivity contribution < 1.29 is 0 Å². The summed E-state index contributed by atoms with van der Waals surface area (Å²) >= 11 is 0. The van der Waals surface area contributed by atoms with E-state index in [1.54, 1.807) is 6.07 Å². The summed E-state index contributed by atoms with van der Waals surface area (Å²) in [4.78, 5) is 15.2. The molecule has 2 aromatic carbocycles. The molecular weight excluding hydrogens is 272 g/mol. The molecule has 0 saturated heterocycles. The molecule has 0 spiro atoms. The van der Waals surface area contributed by atoms with Crippen molar-refractivity contribution in [2.75, 3.05) is 0 Å². The first-order chi connectivity index (χ1) is 9.28. The molecule has 0 atom stereocenters. The van der Waals surface area contributed by atoms with Crippen LogP contribution < -0.4 is 11.2 Å². The summed E-state index contributed by atoms with van der Waals surface area (Å²) in [6, 6.07) is 17.4. The van der Waals surface area contributed by atoms with Gasteiger partial charge in [-0.25, -0.2) is 0 Å². The largest absolute Gasteiger partial charge is 0.357 e. The lowest BCUT2D eigenvalue weighted by molar-refractivity contribution is 1.00. The van der Waals surface area contributed by atoms with Crippen LogP contribution in [0.4, 0.5) is 0 Å². The highest BCUT2D eigenvalue weighted by atomic mass is 35.5. The van der Waals surface area contributed by atoms with Gasteiger partial charge in [0.25, 0.3) is 0 Å². The Morgan fingerprint density at radius 3 is 2.40 bits per heavy atom. The average molecular weight is 287 g/mol. The first-order valence-corrected chi connectivity index (χ1v) is 6.19. The summed E-state index contributed by atoms with van der Waals surface area (Å²) < 4.78 is 0. The molecule has 0 radical (unpaired) electrons. The van der Waals surface area contributed by atoms with Crippen molar-refractivity contribution >= 4 is 23.3 Å². The predicted molar refractivity (Wildman–Crippen MR) is 85.1 cm³/mol. The van der Waals surface area contributed by atoms with Crippen LogP contribution in [0.25, 0.3) is 22.0 Å². The van der Waals surface area contributed by atoms with Gasteiger partial charge < -0.3 is 10.7 Å². The monoisotopic (exact) mass is 286 g/mol. The molecule has 3 nitrogen and oxygen atoms in total. The zero-order valence-corrected chi connectivity index (χ0v) is 11.6. The zero-order valence-electron chi connectivity index (χ0n) is 10.8. The van der Waals surface area contributed by atoms with Gasteiger partial charge in [-0.05, 0) is 23.3 Å². The minimum atomic E-state index is 0. The van der Waals surface area contributed by atoms with Crippen LogP contribution in [0.15, 0.2) is 59.4 Å². The second kappa shape index (κ2) is 5.90. The highest BCUT2D eigenvalue weighted by Gasteiger charge is 2.04. The molecule has 0 unspecified atom stereocenters. The first-order valence-electron chi connectivity index (χ1n) is 6.19. The maximum atomic E-state index is 12.1. The number of nitrogens with two attached hydrogens (primary N) is 1. The van der Waals surface area contributed by atoms with Crippen LogP contribution in [-0.2, 0) is 6.54 Å². The van der Waals surface area contributed by atoms with E-state index in [9.17, 15) is 4.79 Å². The van der Waals surface area contributed by atoms with Crippen molar-refractivity contribution in [3.63, 3.8) is 0 Å². The number of pyridine rings is 1. The second-order valence-electron chi connectivity index (χ2n) is 4.49.